The van der Waals surface area contributed by atoms with E-state index in [1.807, 2.05) is 29.7 Å². The number of Topliss-reactive ketones (excluding diaryl/α,β-unsaturated/α-hetero) is 1. The number of nitrogens with zero attached hydrogens (tertiary/aromatic N) is 3. The van der Waals surface area contributed by atoms with Gasteiger partial charge in [-0.05, 0) is 69.4 Å². The Kier molecular flexibility index (Phi) is 6.28. The van der Waals surface area contributed by atoms with E-state index < -0.39 is 0 Å². The first-order valence-electron chi connectivity index (χ1n) is 11.1. The lowest BCUT2D eigenvalue weighted by molar-refractivity contribution is -0.00301. The van der Waals surface area contributed by atoms with Gasteiger partial charge in [-0.2, -0.15) is 5.26 Å². The Labute approximate surface area is 184 Å². The topological polar surface area (TPSA) is 58.3 Å². The molecule has 0 saturated carbocycles. The third-order valence-electron chi connectivity index (χ3n) is 6.59. The normalized spacial score (nSPS) is 21.2. The van der Waals surface area contributed by atoms with Gasteiger partial charge in [0.2, 0.25) is 0 Å². The van der Waals surface area contributed by atoms with Crippen molar-refractivity contribution in [1.82, 2.24) is 9.47 Å². The van der Waals surface area contributed by atoms with Crippen LogP contribution in [0.2, 0.25) is 0 Å². The molecule has 2 fully saturated rings. The Bertz CT molecular complexity index is 1060. The van der Waals surface area contributed by atoms with Crippen LogP contribution < -0.4 is 0 Å². The van der Waals surface area contributed by atoms with Crippen LogP contribution in [0.15, 0.2) is 30.3 Å². The number of rotatable bonds is 5. The molecule has 0 aliphatic carbocycles. The second kappa shape index (κ2) is 9.10. The van der Waals surface area contributed by atoms with Crippen LogP contribution in [0, 0.1) is 36.0 Å². The quantitative estimate of drug-likeness (QED) is 0.545. The van der Waals surface area contributed by atoms with E-state index in [0.717, 1.165) is 41.9 Å². The van der Waals surface area contributed by atoms with Gasteiger partial charge >= 0.3 is 0 Å². The fraction of sp³-hybridized carbons (Fsp3) is 0.462. The number of nitriles is 1. The van der Waals surface area contributed by atoms with Crippen molar-refractivity contribution in [3.8, 4) is 23.6 Å². The number of carbonyl (C=O) groups is 1. The third-order valence-corrected chi connectivity index (χ3v) is 6.59. The lowest BCUT2D eigenvalue weighted by atomic mass is 10.1. The molecule has 5 heteroatoms. The molecule has 2 unspecified atom stereocenters. The highest BCUT2D eigenvalue weighted by atomic mass is 16.5. The van der Waals surface area contributed by atoms with Gasteiger partial charge in [0.05, 0.1) is 43.0 Å². The van der Waals surface area contributed by atoms with E-state index in [4.69, 9.17) is 10.00 Å². The molecule has 1 aromatic carbocycles. The van der Waals surface area contributed by atoms with Crippen molar-refractivity contribution < 1.29 is 9.53 Å². The highest BCUT2D eigenvalue weighted by Gasteiger charge is 2.31. The predicted molar refractivity (Wildman–Crippen MR) is 120 cm³/mol. The van der Waals surface area contributed by atoms with Gasteiger partial charge in [0, 0.05) is 29.0 Å². The Balaban J connectivity index is 1.69. The first kappa shape index (κ1) is 21.4. The van der Waals surface area contributed by atoms with Gasteiger partial charge in [-0.3, -0.25) is 9.69 Å². The van der Waals surface area contributed by atoms with E-state index in [2.05, 4.69) is 36.7 Å². The van der Waals surface area contributed by atoms with Crippen LogP contribution >= 0.6 is 0 Å². The Hall–Kier alpha value is -2.86. The largest absolute Gasteiger partial charge is 0.379 e. The molecule has 0 amide bonds. The van der Waals surface area contributed by atoms with Crippen molar-refractivity contribution in [2.75, 3.05) is 19.8 Å². The number of aromatic nitrogens is 1. The van der Waals surface area contributed by atoms with Gasteiger partial charge < -0.3 is 9.30 Å². The zero-order chi connectivity index (χ0) is 22.0. The van der Waals surface area contributed by atoms with E-state index in [-0.39, 0.29) is 11.7 Å². The van der Waals surface area contributed by atoms with Crippen molar-refractivity contribution in [2.24, 2.45) is 5.92 Å². The van der Waals surface area contributed by atoms with Crippen LogP contribution in [-0.2, 0) is 4.74 Å². The van der Waals surface area contributed by atoms with Gasteiger partial charge in [0.1, 0.15) is 0 Å². The van der Waals surface area contributed by atoms with Crippen LogP contribution in [0.5, 0.6) is 0 Å². The summed E-state index contributed by atoms with van der Waals surface area (Å²) in [4.78, 5) is 15.7. The molecule has 0 spiro atoms. The van der Waals surface area contributed by atoms with E-state index >= 15 is 0 Å². The summed E-state index contributed by atoms with van der Waals surface area (Å²) in [6, 6.07) is 12.4. The SMILES string of the molecule is CCC1CCC(C)N1CC(=O)c1cc(C#CC2COC2)n(-c2ccc(C#N)cc2)c1C. The average molecular weight is 416 g/mol. The molecule has 2 aliphatic rings. The molecular weight excluding hydrogens is 386 g/mol. The molecule has 0 bridgehead atoms. The maximum absolute atomic E-state index is 13.4. The van der Waals surface area contributed by atoms with E-state index in [1.54, 1.807) is 12.1 Å². The molecule has 2 saturated heterocycles. The number of benzene rings is 1. The zero-order valence-corrected chi connectivity index (χ0v) is 18.5. The Morgan fingerprint density at radius 3 is 2.58 bits per heavy atom. The van der Waals surface area contributed by atoms with Crippen LogP contribution in [0.4, 0.5) is 0 Å². The van der Waals surface area contributed by atoms with E-state index in [0.29, 0.717) is 37.4 Å². The molecule has 2 aromatic rings. The van der Waals surface area contributed by atoms with Crippen molar-refractivity contribution in [2.45, 2.75) is 52.1 Å². The van der Waals surface area contributed by atoms with Crippen LogP contribution in [0.3, 0.4) is 0 Å². The summed E-state index contributed by atoms with van der Waals surface area (Å²) in [6.45, 7) is 8.18. The Morgan fingerprint density at radius 2 is 1.97 bits per heavy atom. The number of hydrogen-bond acceptors (Lipinski definition) is 4. The summed E-state index contributed by atoms with van der Waals surface area (Å²) >= 11 is 0. The van der Waals surface area contributed by atoms with Crippen LogP contribution in [-0.4, -0.2) is 47.1 Å². The highest BCUT2D eigenvalue weighted by molar-refractivity contribution is 5.99. The number of ketones is 1. The standard InChI is InChI=1S/C26H29N3O2/c1-4-22-9-5-18(2)28(22)15-26(30)25-13-24(12-8-21-16-31-17-21)29(19(25)3)23-10-6-20(14-27)7-11-23/h6-7,10-11,13,18,21-22H,4-5,9,15-17H2,1-3H3. The summed E-state index contributed by atoms with van der Waals surface area (Å²) < 4.78 is 7.27. The van der Waals surface area contributed by atoms with E-state index in [1.165, 1.54) is 0 Å². The molecule has 0 radical (unpaired) electrons. The minimum absolute atomic E-state index is 0.145. The molecule has 1 aromatic heterocycles. The minimum Gasteiger partial charge on any atom is -0.379 e. The smallest absolute Gasteiger partial charge is 0.178 e. The van der Waals surface area contributed by atoms with Crippen LogP contribution in [0.25, 0.3) is 5.69 Å². The number of likely N-dealkylation sites (tertiary alicyclic amines) is 1. The summed E-state index contributed by atoms with van der Waals surface area (Å²) in [5.41, 5.74) is 3.94. The average Bonchev–Trinajstić information content (AvgIpc) is 3.26. The number of hydrogen-bond donors (Lipinski definition) is 0. The zero-order valence-electron chi connectivity index (χ0n) is 18.5. The third kappa shape index (κ3) is 4.30. The second-order valence-corrected chi connectivity index (χ2v) is 8.61. The molecule has 5 nitrogen and oxygen atoms in total. The summed E-state index contributed by atoms with van der Waals surface area (Å²) in [6.07, 6.45) is 3.39. The summed E-state index contributed by atoms with van der Waals surface area (Å²) in [5, 5.41) is 9.12. The maximum Gasteiger partial charge on any atom is 0.178 e. The lowest BCUT2D eigenvalue weighted by Gasteiger charge is -2.26. The molecule has 3 heterocycles. The summed E-state index contributed by atoms with van der Waals surface area (Å²) in [7, 11) is 0. The van der Waals surface area contributed by atoms with Gasteiger partial charge in [-0.1, -0.05) is 12.8 Å². The monoisotopic (exact) mass is 415 g/mol. The highest BCUT2D eigenvalue weighted by Crippen LogP contribution is 2.28. The molecule has 4 rings (SSSR count). The number of ether oxygens (including phenoxy) is 1. The van der Waals surface area contributed by atoms with Gasteiger partial charge in [-0.15, -0.1) is 0 Å². The maximum atomic E-state index is 13.4. The minimum atomic E-state index is 0.145. The second-order valence-electron chi connectivity index (χ2n) is 8.61. The molecular formula is C26H29N3O2. The van der Waals surface area contributed by atoms with Crippen molar-refractivity contribution >= 4 is 5.78 Å². The fourth-order valence-electron chi connectivity index (χ4n) is 4.59. The fourth-order valence-corrected chi connectivity index (χ4v) is 4.59. The molecule has 31 heavy (non-hydrogen) atoms. The van der Waals surface area contributed by atoms with Crippen molar-refractivity contribution in [3.05, 3.63) is 52.8 Å². The first-order chi connectivity index (χ1) is 15.0. The van der Waals surface area contributed by atoms with Crippen LogP contribution in [0.1, 0.15) is 60.4 Å². The Morgan fingerprint density at radius 1 is 1.23 bits per heavy atom. The predicted octanol–water partition coefficient (Wildman–Crippen LogP) is 4.10. The van der Waals surface area contributed by atoms with Crippen molar-refractivity contribution in [1.29, 1.82) is 5.26 Å². The lowest BCUT2D eigenvalue weighted by Crippen LogP contribution is -2.38. The molecule has 2 atom stereocenters. The molecule has 160 valence electrons. The van der Waals surface area contributed by atoms with Gasteiger partial charge in [0.15, 0.2) is 5.78 Å². The molecule has 0 N–H and O–H groups in total. The first-order valence-corrected chi connectivity index (χ1v) is 11.1. The number of carbonyl (C=O) groups excluding carboxylic acids is 1. The molecule has 2 aliphatic heterocycles. The van der Waals surface area contributed by atoms with Crippen molar-refractivity contribution in [3.63, 3.8) is 0 Å². The van der Waals surface area contributed by atoms with Gasteiger partial charge in [-0.25, -0.2) is 0 Å². The van der Waals surface area contributed by atoms with E-state index in [9.17, 15) is 4.79 Å². The van der Waals surface area contributed by atoms with Gasteiger partial charge in [0.25, 0.3) is 0 Å². The summed E-state index contributed by atoms with van der Waals surface area (Å²) in [5.74, 6) is 6.95.